The van der Waals surface area contributed by atoms with Crippen LogP contribution in [-0.4, -0.2) is 79.8 Å². The normalized spacial score (nSPS) is 13.1. The summed E-state index contributed by atoms with van der Waals surface area (Å²) in [6.45, 7) is 5.64. The largest absolute Gasteiger partial charge is 0.342 e. The number of alkyl halides is 1. The monoisotopic (exact) mass is 321 g/mol. The Morgan fingerprint density at radius 2 is 1.33 bits per heavy atom. The van der Waals surface area contributed by atoms with E-state index in [1.807, 2.05) is 11.8 Å². The number of carbonyl (C=O) groups excluding carboxylic acids is 1. The summed E-state index contributed by atoms with van der Waals surface area (Å²) >= 11 is 3.37. The third kappa shape index (κ3) is 8.89. The minimum absolute atomic E-state index is 0.0868. The zero-order valence-electron chi connectivity index (χ0n) is 12.4. The molecule has 0 aliphatic carbocycles. The number of hydrogen-bond donors (Lipinski definition) is 0. The average molecular weight is 322 g/mol. The molecule has 1 atom stereocenters. The third-order valence-corrected chi connectivity index (χ3v) is 3.11. The van der Waals surface area contributed by atoms with E-state index in [0.717, 1.165) is 39.0 Å². The van der Waals surface area contributed by atoms with Crippen LogP contribution in [-0.2, 0) is 4.79 Å². The summed E-state index contributed by atoms with van der Waals surface area (Å²) in [5, 5.41) is 0. The Balaban J connectivity index is 4.12. The molecule has 0 saturated heterocycles. The van der Waals surface area contributed by atoms with Crippen molar-refractivity contribution in [1.29, 1.82) is 0 Å². The molecule has 0 aromatic rings. The van der Waals surface area contributed by atoms with Gasteiger partial charge in [0.25, 0.3) is 0 Å². The lowest BCUT2D eigenvalue weighted by Gasteiger charge is -2.25. The SMILES string of the molecule is CC(Br)C(=O)N(CCCN(C)C)CCCN(C)C. The summed E-state index contributed by atoms with van der Waals surface area (Å²) in [5.74, 6) is 0.201. The Morgan fingerprint density at radius 3 is 1.61 bits per heavy atom. The maximum atomic E-state index is 12.0. The van der Waals surface area contributed by atoms with Gasteiger partial charge in [-0.3, -0.25) is 4.79 Å². The van der Waals surface area contributed by atoms with Gasteiger partial charge < -0.3 is 14.7 Å². The number of amides is 1. The van der Waals surface area contributed by atoms with E-state index in [9.17, 15) is 4.79 Å². The van der Waals surface area contributed by atoms with Crippen LogP contribution in [0.5, 0.6) is 0 Å². The van der Waals surface area contributed by atoms with Crippen LogP contribution in [0.1, 0.15) is 19.8 Å². The first-order valence-corrected chi connectivity index (χ1v) is 7.48. The molecule has 5 heteroatoms. The molecular weight excluding hydrogens is 294 g/mol. The molecule has 18 heavy (non-hydrogen) atoms. The predicted octanol–water partition coefficient (Wildman–Crippen LogP) is 1.50. The molecule has 0 aromatic carbocycles. The van der Waals surface area contributed by atoms with Crippen LogP contribution >= 0.6 is 15.9 Å². The summed E-state index contributed by atoms with van der Waals surface area (Å²) in [6.07, 6.45) is 2.06. The molecule has 0 rings (SSSR count). The lowest BCUT2D eigenvalue weighted by molar-refractivity contribution is -0.130. The summed E-state index contributed by atoms with van der Waals surface area (Å²) in [4.78, 5) is 18.2. The van der Waals surface area contributed by atoms with Gasteiger partial charge in [-0.25, -0.2) is 0 Å². The molecule has 108 valence electrons. The quantitative estimate of drug-likeness (QED) is 0.602. The van der Waals surface area contributed by atoms with Crippen molar-refractivity contribution in [3.8, 4) is 0 Å². The minimum Gasteiger partial charge on any atom is -0.342 e. The van der Waals surface area contributed by atoms with Crippen molar-refractivity contribution < 1.29 is 4.79 Å². The van der Waals surface area contributed by atoms with Crippen LogP contribution in [0.4, 0.5) is 0 Å². The van der Waals surface area contributed by atoms with Gasteiger partial charge in [0.1, 0.15) is 0 Å². The molecule has 0 aromatic heterocycles. The van der Waals surface area contributed by atoms with Gasteiger partial charge in [-0.05, 0) is 61.0 Å². The molecule has 0 aliphatic rings. The first kappa shape index (κ1) is 17.9. The Bertz CT molecular complexity index is 218. The van der Waals surface area contributed by atoms with E-state index in [2.05, 4.69) is 53.9 Å². The van der Waals surface area contributed by atoms with Crippen molar-refractivity contribution in [2.24, 2.45) is 0 Å². The summed E-state index contributed by atoms with van der Waals surface area (Å²) in [7, 11) is 8.24. The van der Waals surface area contributed by atoms with E-state index in [0.29, 0.717) is 0 Å². The second-order valence-electron chi connectivity index (χ2n) is 5.25. The molecule has 1 unspecified atom stereocenters. The Labute approximate surface area is 120 Å². The fourth-order valence-corrected chi connectivity index (χ4v) is 2.03. The van der Waals surface area contributed by atoms with E-state index in [1.165, 1.54) is 0 Å². The van der Waals surface area contributed by atoms with Gasteiger partial charge in [-0.15, -0.1) is 0 Å². The summed E-state index contributed by atoms with van der Waals surface area (Å²) in [5.41, 5.74) is 0. The van der Waals surface area contributed by atoms with Crippen molar-refractivity contribution in [1.82, 2.24) is 14.7 Å². The van der Waals surface area contributed by atoms with Gasteiger partial charge in [0.05, 0.1) is 4.83 Å². The Kier molecular flexibility index (Phi) is 9.68. The highest BCUT2D eigenvalue weighted by Gasteiger charge is 2.17. The number of nitrogens with zero attached hydrogens (tertiary/aromatic N) is 3. The van der Waals surface area contributed by atoms with E-state index < -0.39 is 0 Å². The topological polar surface area (TPSA) is 26.8 Å². The third-order valence-electron chi connectivity index (χ3n) is 2.72. The van der Waals surface area contributed by atoms with Crippen molar-refractivity contribution in [3.63, 3.8) is 0 Å². The van der Waals surface area contributed by atoms with Crippen molar-refractivity contribution in [3.05, 3.63) is 0 Å². The lowest BCUT2D eigenvalue weighted by atomic mass is 10.3. The van der Waals surface area contributed by atoms with Crippen LogP contribution < -0.4 is 0 Å². The first-order chi connectivity index (χ1) is 8.34. The summed E-state index contributed by atoms with van der Waals surface area (Å²) < 4.78 is 0. The number of rotatable bonds is 9. The molecule has 0 bridgehead atoms. The molecule has 0 fully saturated rings. The van der Waals surface area contributed by atoms with Crippen LogP contribution in [0, 0.1) is 0 Å². The van der Waals surface area contributed by atoms with E-state index >= 15 is 0 Å². The van der Waals surface area contributed by atoms with E-state index in [1.54, 1.807) is 0 Å². The van der Waals surface area contributed by atoms with Crippen molar-refractivity contribution in [2.75, 3.05) is 54.4 Å². The average Bonchev–Trinajstić information content (AvgIpc) is 2.25. The molecule has 1 amide bonds. The molecule has 0 heterocycles. The Hall–Kier alpha value is -0.130. The van der Waals surface area contributed by atoms with Gasteiger partial charge >= 0.3 is 0 Å². The second kappa shape index (κ2) is 9.75. The first-order valence-electron chi connectivity index (χ1n) is 6.57. The molecule has 0 radical (unpaired) electrons. The van der Waals surface area contributed by atoms with Crippen LogP contribution in [0.2, 0.25) is 0 Å². The Morgan fingerprint density at radius 1 is 0.944 bits per heavy atom. The zero-order chi connectivity index (χ0) is 14.1. The van der Waals surface area contributed by atoms with Gasteiger partial charge in [0.15, 0.2) is 0 Å². The van der Waals surface area contributed by atoms with Crippen LogP contribution in [0.25, 0.3) is 0 Å². The molecule has 4 nitrogen and oxygen atoms in total. The molecule has 0 N–H and O–H groups in total. The molecule has 0 saturated carbocycles. The van der Waals surface area contributed by atoms with Gasteiger partial charge in [0, 0.05) is 13.1 Å². The number of hydrogen-bond acceptors (Lipinski definition) is 3. The van der Waals surface area contributed by atoms with Gasteiger partial charge in [-0.2, -0.15) is 0 Å². The molecule has 0 aliphatic heterocycles. The second-order valence-corrected chi connectivity index (χ2v) is 6.63. The standard InChI is InChI=1S/C13H28BrN3O/c1-12(14)13(18)17(10-6-8-15(2)3)11-7-9-16(4)5/h12H,6-11H2,1-5H3. The van der Waals surface area contributed by atoms with E-state index in [-0.39, 0.29) is 10.7 Å². The molecular formula is C13H28BrN3O. The lowest BCUT2D eigenvalue weighted by Crippen LogP contribution is -2.38. The highest BCUT2D eigenvalue weighted by molar-refractivity contribution is 9.10. The van der Waals surface area contributed by atoms with Gasteiger partial charge in [-0.1, -0.05) is 15.9 Å². The van der Waals surface area contributed by atoms with Crippen molar-refractivity contribution in [2.45, 2.75) is 24.6 Å². The van der Waals surface area contributed by atoms with Crippen LogP contribution in [0.3, 0.4) is 0 Å². The number of halogens is 1. The van der Waals surface area contributed by atoms with Crippen molar-refractivity contribution >= 4 is 21.8 Å². The zero-order valence-corrected chi connectivity index (χ0v) is 14.0. The van der Waals surface area contributed by atoms with E-state index in [4.69, 9.17) is 0 Å². The number of carbonyl (C=O) groups is 1. The fourth-order valence-electron chi connectivity index (χ4n) is 1.74. The highest BCUT2D eigenvalue weighted by atomic mass is 79.9. The molecule has 0 spiro atoms. The predicted molar refractivity (Wildman–Crippen MR) is 81.3 cm³/mol. The highest BCUT2D eigenvalue weighted by Crippen LogP contribution is 2.06. The van der Waals surface area contributed by atoms with Crippen LogP contribution in [0.15, 0.2) is 0 Å². The maximum absolute atomic E-state index is 12.0. The minimum atomic E-state index is -0.0868. The van der Waals surface area contributed by atoms with Gasteiger partial charge in [0.2, 0.25) is 5.91 Å². The maximum Gasteiger partial charge on any atom is 0.236 e. The summed E-state index contributed by atoms with van der Waals surface area (Å²) in [6, 6.07) is 0. The smallest absolute Gasteiger partial charge is 0.236 e. The fraction of sp³-hybridized carbons (Fsp3) is 0.923.